The van der Waals surface area contributed by atoms with Crippen molar-refractivity contribution in [1.82, 2.24) is 9.78 Å². The number of halogens is 1. The second kappa shape index (κ2) is 7.78. The average molecular weight is 337 g/mol. The zero-order valence-electron chi connectivity index (χ0n) is 12.9. The third-order valence-corrected chi connectivity index (χ3v) is 3.32. The van der Waals surface area contributed by atoms with Crippen LogP contribution >= 0.6 is 11.6 Å². The summed E-state index contributed by atoms with van der Waals surface area (Å²) in [5.41, 5.74) is 0.666. The summed E-state index contributed by atoms with van der Waals surface area (Å²) < 4.78 is 11.2. The van der Waals surface area contributed by atoms with Crippen LogP contribution in [-0.4, -0.2) is 35.3 Å². The van der Waals surface area contributed by atoms with Gasteiger partial charge in [-0.05, 0) is 37.3 Å². The Bertz CT molecular complexity index is 741. The number of aromatic nitrogens is 2. The van der Waals surface area contributed by atoms with Crippen molar-refractivity contribution in [1.29, 1.82) is 0 Å². The molecule has 6 nitrogen and oxygen atoms in total. The van der Waals surface area contributed by atoms with Gasteiger partial charge in [0.2, 0.25) is 0 Å². The van der Waals surface area contributed by atoms with E-state index >= 15 is 0 Å². The van der Waals surface area contributed by atoms with Gasteiger partial charge in [-0.25, -0.2) is 9.48 Å². The Kier molecular flexibility index (Phi) is 5.76. The molecule has 0 unspecified atom stereocenters. The molecule has 0 aliphatic carbocycles. The van der Waals surface area contributed by atoms with Crippen LogP contribution in [0.2, 0.25) is 0 Å². The number of hydrogen-bond donors (Lipinski definition) is 0. The van der Waals surface area contributed by atoms with Gasteiger partial charge in [0.1, 0.15) is 11.3 Å². The molecule has 0 radical (unpaired) electrons. The van der Waals surface area contributed by atoms with Crippen molar-refractivity contribution < 1.29 is 14.3 Å². The topological polar surface area (TPSA) is 70.4 Å². The molecule has 122 valence electrons. The zero-order valence-corrected chi connectivity index (χ0v) is 13.7. The molecule has 1 aromatic carbocycles. The fourth-order valence-electron chi connectivity index (χ4n) is 2.03. The van der Waals surface area contributed by atoms with Crippen molar-refractivity contribution >= 4 is 17.6 Å². The molecule has 7 heteroatoms. The van der Waals surface area contributed by atoms with E-state index in [0.29, 0.717) is 11.4 Å². The highest BCUT2D eigenvalue weighted by Crippen LogP contribution is 2.20. The number of rotatable bonds is 6. The summed E-state index contributed by atoms with van der Waals surface area (Å²) in [6.07, 6.45) is 0. The maximum Gasteiger partial charge on any atom is 0.343 e. The maximum absolute atomic E-state index is 12.3. The Morgan fingerprint density at radius 1 is 1.30 bits per heavy atom. The van der Waals surface area contributed by atoms with Crippen molar-refractivity contribution in [3.05, 3.63) is 46.2 Å². The minimum absolute atomic E-state index is 0.0576. The van der Waals surface area contributed by atoms with Gasteiger partial charge in [-0.1, -0.05) is 0 Å². The van der Waals surface area contributed by atoms with Crippen LogP contribution in [0.4, 0.5) is 0 Å². The van der Waals surface area contributed by atoms with Gasteiger partial charge in [-0.15, -0.1) is 11.6 Å². The average Bonchev–Trinajstić information content (AvgIpc) is 2.57. The SMILES string of the molecule is CCOC(=O)c1cc(-c2ccc(OC)cc2)nn(CCCl)c1=O. The molecule has 0 N–H and O–H groups in total. The molecular weight excluding hydrogens is 320 g/mol. The van der Waals surface area contributed by atoms with Crippen LogP contribution in [0, 0.1) is 0 Å². The van der Waals surface area contributed by atoms with E-state index in [1.54, 1.807) is 38.3 Å². The molecule has 0 spiro atoms. The van der Waals surface area contributed by atoms with E-state index in [-0.39, 0.29) is 24.6 Å². The predicted octanol–water partition coefficient (Wildman–Crippen LogP) is 2.33. The molecule has 0 saturated heterocycles. The Balaban J connectivity index is 2.53. The highest BCUT2D eigenvalue weighted by atomic mass is 35.5. The number of ether oxygens (including phenoxy) is 2. The first-order valence-electron chi connectivity index (χ1n) is 7.10. The van der Waals surface area contributed by atoms with E-state index in [4.69, 9.17) is 21.1 Å². The number of aryl methyl sites for hydroxylation is 1. The van der Waals surface area contributed by atoms with Crippen LogP contribution in [0.25, 0.3) is 11.3 Å². The highest BCUT2D eigenvalue weighted by Gasteiger charge is 2.17. The second-order valence-electron chi connectivity index (χ2n) is 4.61. The van der Waals surface area contributed by atoms with Crippen LogP contribution in [0.15, 0.2) is 35.1 Å². The van der Waals surface area contributed by atoms with E-state index in [1.807, 2.05) is 0 Å². The number of hydrogen-bond acceptors (Lipinski definition) is 5. The summed E-state index contributed by atoms with van der Waals surface area (Å²) in [6, 6.07) is 8.58. The van der Waals surface area contributed by atoms with Gasteiger partial charge in [0, 0.05) is 11.4 Å². The van der Waals surface area contributed by atoms with Crippen LogP contribution in [0.1, 0.15) is 17.3 Å². The fourth-order valence-corrected chi connectivity index (χ4v) is 2.19. The van der Waals surface area contributed by atoms with E-state index in [1.165, 1.54) is 10.7 Å². The molecule has 1 aromatic heterocycles. The van der Waals surface area contributed by atoms with E-state index in [9.17, 15) is 9.59 Å². The summed E-state index contributed by atoms with van der Waals surface area (Å²) in [5.74, 6) is 0.243. The molecule has 0 saturated carbocycles. The first kappa shape index (κ1) is 17.0. The van der Waals surface area contributed by atoms with Gasteiger partial charge < -0.3 is 9.47 Å². The van der Waals surface area contributed by atoms with Crippen molar-refractivity contribution in [2.24, 2.45) is 0 Å². The van der Waals surface area contributed by atoms with Crippen molar-refractivity contribution in [3.63, 3.8) is 0 Å². The maximum atomic E-state index is 12.3. The van der Waals surface area contributed by atoms with Crippen molar-refractivity contribution in [2.45, 2.75) is 13.5 Å². The monoisotopic (exact) mass is 336 g/mol. The molecule has 0 bridgehead atoms. The number of nitrogens with zero attached hydrogens (tertiary/aromatic N) is 2. The molecule has 0 amide bonds. The Morgan fingerprint density at radius 2 is 2.00 bits per heavy atom. The first-order valence-corrected chi connectivity index (χ1v) is 7.63. The van der Waals surface area contributed by atoms with Gasteiger partial charge in [0.25, 0.3) is 5.56 Å². The van der Waals surface area contributed by atoms with E-state index in [2.05, 4.69) is 5.10 Å². The molecule has 2 rings (SSSR count). The first-order chi connectivity index (χ1) is 11.1. The number of alkyl halides is 1. The van der Waals surface area contributed by atoms with Crippen molar-refractivity contribution in [2.75, 3.05) is 19.6 Å². The summed E-state index contributed by atoms with van der Waals surface area (Å²) in [7, 11) is 1.58. The third-order valence-electron chi connectivity index (χ3n) is 3.15. The van der Waals surface area contributed by atoms with Crippen LogP contribution in [0.5, 0.6) is 5.75 Å². The minimum atomic E-state index is -0.669. The molecule has 2 aromatic rings. The Morgan fingerprint density at radius 3 is 2.57 bits per heavy atom. The molecule has 0 fully saturated rings. The lowest BCUT2D eigenvalue weighted by Gasteiger charge is -2.10. The van der Waals surface area contributed by atoms with E-state index in [0.717, 1.165) is 5.56 Å². The predicted molar refractivity (Wildman–Crippen MR) is 87.2 cm³/mol. The van der Waals surface area contributed by atoms with Gasteiger partial charge in [-0.3, -0.25) is 4.79 Å². The molecule has 0 atom stereocenters. The number of benzene rings is 1. The number of carbonyl (C=O) groups excluding carboxylic acids is 1. The second-order valence-corrected chi connectivity index (χ2v) is 4.99. The summed E-state index contributed by atoms with van der Waals surface area (Å²) in [4.78, 5) is 24.3. The number of methoxy groups -OCH3 is 1. The molecular formula is C16H17ClN2O4. The van der Waals surface area contributed by atoms with Crippen molar-refractivity contribution in [3.8, 4) is 17.0 Å². The number of esters is 1. The third kappa shape index (κ3) is 3.90. The molecule has 1 heterocycles. The lowest BCUT2D eigenvalue weighted by atomic mass is 10.1. The lowest BCUT2D eigenvalue weighted by Crippen LogP contribution is -2.30. The Labute approximate surface area is 138 Å². The van der Waals surface area contributed by atoms with Crippen LogP contribution in [0.3, 0.4) is 0 Å². The van der Waals surface area contributed by atoms with E-state index < -0.39 is 11.5 Å². The molecule has 0 aliphatic heterocycles. The summed E-state index contributed by atoms with van der Waals surface area (Å²) in [5, 5.41) is 4.26. The number of carbonyl (C=O) groups is 1. The lowest BCUT2D eigenvalue weighted by molar-refractivity contribution is 0.0523. The van der Waals surface area contributed by atoms with Gasteiger partial charge in [-0.2, -0.15) is 5.10 Å². The summed E-state index contributed by atoms with van der Waals surface area (Å²) >= 11 is 5.71. The Hall–Kier alpha value is -2.34. The van der Waals surface area contributed by atoms with Gasteiger partial charge >= 0.3 is 5.97 Å². The fraction of sp³-hybridized carbons (Fsp3) is 0.312. The normalized spacial score (nSPS) is 10.4. The molecule has 23 heavy (non-hydrogen) atoms. The quantitative estimate of drug-likeness (QED) is 0.598. The van der Waals surface area contributed by atoms with Crippen LogP contribution < -0.4 is 10.3 Å². The standard InChI is InChI=1S/C16H17ClN2O4/c1-3-23-16(21)13-10-14(18-19(9-8-17)15(13)20)11-4-6-12(22-2)7-5-11/h4-7,10H,3,8-9H2,1-2H3. The highest BCUT2D eigenvalue weighted by molar-refractivity contribution is 6.17. The molecule has 0 aliphatic rings. The zero-order chi connectivity index (χ0) is 16.8. The largest absolute Gasteiger partial charge is 0.497 e. The van der Waals surface area contributed by atoms with Crippen LogP contribution in [-0.2, 0) is 11.3 Å². The smallest absolute Gasteiger partial charge is 0.343 e. The van der Waals surface area contributed by atoms with Gasteiger partial charge in [0.05, 0.1) is 26.0 Å². The minimum Gasteiger partial charge on any atom is -0.497 e. The summed E-state index contributed by atoms with van der Waals surface area (Å²) in [6.45, 7) is 2.07. The van der Waals surface area contributed by atoms with Gasteiger partial charge in [0.15, 0.2) is 0 Å².